The van der Waals surface area contributed by atoms with Crippen molar-refractivity contribution in [3.05, 3.63) is 58.7 Å². The lowest BCUT2D eigenvalue weighted by Crippen LogP contribution is -1.90. The van der Waals surface area contributed by atoms with Gasteiger partial charge in [0.25, 0.3) is 0 Å². The van der Waals surface area contributed by atoms with Crippen molar-refractivity contribution in [2.24, 2.45) is 0 Å². The molecule has 0 radical (unpaired) electrons. The van der Waals surface area contributed by atoms with E-state index in [2.05, 4.69) is 4.98 Å². The Kier molecular flexibility index (Phi) is 5.01. The summed E-state index contributed by atoms with van der Waals surface area (Å²) >= 11 is 5.80. The highest BCUT2D eigenvalue weighted by Gasteiger charge is 1.91. The number of halogens is 2. The Bertz CT molecular complexity index is 507. The summed E-state index contributed by atoms with van der Waals surface area (Å²) in [5.41, 5.74) is 7.50. The molecule has 1 heterocycles. The van der Waals surface area contributed by atoms with Crippen molar-refractivity contribution in [2.45, 2.75) is 0 Å². The predicted octanol–water partition coefficient (Wildman–Crippen LogP) is 3.91. The third kappa shape index (κ3) is 4.10. The maximum atomic E-state index is 5.80. The number of anilines is 1. The minimum Gasteiger partial charge on any atom is -0.384 e. The van der Waals surface area contributed by atoms with Gasteiger partial charge in [-0.05, 0) is 35.9 Å². The normalized spacial score (nSPS) is 10.2. The average molecular weight is 267 g/mol. The first kappa shape index (κ1) is 13.6. The van der Waals surface area contributed by atoms with E-state index < -0.39 is 0 Å². The van der Waals surface area contributed by atoms with Crippen LogP contribution >= 0.6 is 24.0 Å². The molecule has 0 aliphatic rings. The van der Waals surface area contributed by atoms with Crippen molar-refractivity contribution in [1.29, 1.82) is 0 Å². The molecule has 1 aromatic carbocycles. The molecule has 0 atom stereocenters. The minimum atomic E-state index is 0. The third-order valence-corrected chi connectivity index (χ3v) is 2.36. The van der Waals surface area contributed by atoms with Gasteiger partial charge in [0.2, 0.25) is 0 Å². The van der Waals surface area contributed by atoms with Crippen molar-refractivity contribution in [3.63, 3.8) is 0 Å². The lowest BCUT2D eigenvalue weighted by molar-refractivity contribution is 1.31. The molecule has 0 bridgehead atoms. The number of hydrogen-bond acceptors (Lipinski definition) is 2. The first-order valence-corrected chi connectivity index (χ1v) is 5.28. The standard InChI is InChI=1S/C13H11ClN2.ClH/c14-11-7-4-10(5-8-11)6-9-12-2-1-3-13(15)16-12;/h1-9H,(H2,15,16);1H. The maximum Gasteiger partial charge on any atom is 0.124 e. The lowest BCUT2D eigenvalue weighted by atomic mass is 10.2. The quantitative estimate of drug-likeness (QED) is 0.895. The van der Waals surface area contributed by atoms with E-state index in [4.69, 9.17) is 17.3 Å². The molecule has 17 heavy (non-hydrogen) atoms. The molecule has 0 saturated carbocycles. The molecule has 0 saturated heterocycles. The van der Waals surface area contributed by atoms with Gasteiger partial charge in [0.15, 0.2) is 0 Å². The van der Waals surface area contributed by atoms with E-state index in [-0.39, 0.29) is 12.4 Å². The second kappa shape index (κ2) is 6.28. The van der Waals surface area contributed by atoms with Crippen molar-refractivity contribution in [2.75, 3.05) is 5.73 Å². The summed E-state index contributed by atoms with van der Waals surface area (Å²) in [7, 11) is 0. The Morgan fingerprint density at radius 2 is 1.71 bits per heavy atom. The summed E-state index contributed by atoms with van der Waals surface area (Å²) in [5, 5.41) is 0.735. The highest BCUT2D eigenvalue weighted by molar-refractivity contribution is 6.30. The van der Waals surface area contributed by atoms with E-state index in [9.17, 15) is 0 Å². The summed E-state index contributed by atoms with van der Waals surface area (Å²) in [6.45, 7) is 0. The number of nitrogens with two attached hydrogens (primary N) is 1. The van der Waals surface area contributed by atoms with Crippen LogP contribution in [0.15, 0.2) is 42.5 Å². The minimum absolute atomic E-state index is 0. The molecule has 0 fully saturated rings. The van der Waals surface area contributed by atoms with Gasteiger partial charge < -0.3 is 5.73 Å². The third-order valence-electron chi connectivity index (χ3n) is 2.11. The smallest absolute Gasteiger partial charge is 0.124 e. The van der Waals surface area contributed by atoms with E-state index in [1.54, 1.807) is 6.07 Å². The number of nitrogen functional groups attached to an aromatic ring is 1. The van der Waals surface area contributed by atoms with Gasteiger partial charge >= 0.3 is 0 Å². The number of pyridine rings is 1. The fourth-order valence-electron chi connectivity index (χ4n) is 1.32. The first-order chi connectivity index (χ1) is 7.74. The number of nitrogens with zero attached hydrogens (tertiary/aromatic N) is 1. The van der Waals surface area contributed by atoms with Crippen LogP contribution in [0.5, 0.6) is 0 Å². The van der Waals surface area contributed by atoms with E-state index in [1.165, 1.54) is 0 Å². The Morgan fingerprint density at radius 1 is 1.00 bits per heavy atom. The fraction of sp³-hybridized carbons (Fsp3) is 0. The number of rotatable bonds is 2. The molecule has 1 aromatic heterocycles. The number of aromatic nitrogens is 1. The van der Waals surface area contributed by atoms with Crippen molar-refractivity contribution in [1.82, 2.24) is 4.98 Å². The van der Waals surface area contributed by atoms with Crippen LogP contribution in [0.1, 0.15) is 11.3 Å². The second-order valence-corrected chi connectivity index (χ2v) is 3.81. The van der Waals surface area contributed by atoms with Crippen molar-refractivity contribution >= 4 is 42.0 Å². The Hall–Kier alpha value is -1.51. The van der Waals surface area contributed by atoms with Gasteiger partial charge in [0.05, 0.1) is 5.69 Å². The SMILES string of the molecule is Cl.Nc1cccc(C=Cc2ccc(Cl)cc2)n1. The van der Waals surface area contributed by atoms with Gasteiger partial charge in [-0.3, -0.25) is 0 Å². The van der Waals surface area contributed by atoms with Crippen LogP contribution in [0.3, 0.4) is 0 Å². The van der Waals surface area contributed by atoms with Gasteiger partial charge in [0, 0.05) is 5.02 Å². The van der Waals surface area contributed by atoms with E-state index >= 15 is 0 Å². The van der Waals surface area contributed by atoms with Crippen LogP contribution in [-0.2, 0) is 0 Å². The first-order valence-electron chi connectivity index (χ1n) is 4.90. The molecule has 0 amide bonds. The monoisotopic (exact) mass is 266 g/mol. The van der Waals surface area contributed by atoms with E-state index in [0.717, 1.165) is 16.3 Å². The van der Waals surface area contributed by atoms with Crippen LogP contribution < -0.4 is 5.73 Å². The molecule has 2 N–H and O–H groups in total. The molecule has 2 nitrogen and oxygen atoms in total. The second-order valence-electron chi connectivity index (χ2n) is 3.37. The molecule has 2 rings (SSSR count). The molecule has 0 unspecified atom stereocenters. The van der Waals surface area contributed by atoms with Crippen molar-refractivity contribution < 1.29 is 0 Å². The molecule has 0 spiro atoms. The Balaban J connectivity index is 0.00000144. The summed E-state index contributed by atoms with van der Waals surface area (Å²) in [6, 6.07) is 13.2. The van der Waals surface area contributed by atoms with Crippen LogP contribution in [0.25, 0.3) is 12.2 Å². The largest absolute Gasteiger partial charge is 0.384 e. The zero-order valence-electron chi connectivity index (χ0n) is 9.01. The van der Waals surface area contributed by atoms with Gasteiger partial charge in [-0.1, -0.05) is 35.9 Å². The zero-order chi connectivity index (χ0) is 11.4. The van der Waals surface area contributed by atoms with Gasteiger partial charge in [-0.15, -0.1) is 12.4 Å². The number of benzene rings is 1. The van der Waals surface area contributed by atoms with Gasteiger partial charge in [0.1, 0.15) is 5.82 Å². The summed E-state index contributed by atoms with van der Waals surface area (Å²) in [4.78, 5) is 4.17. The Morgan fingerprint density at radius 3 is 2.35 bits per heavy atom. The predicted molar refractivity (Wildman–Crippen MR) is 76.3 cm³/mol. The summed E-state index contributed by atoms with van der Waals surface area (Å²) in [6.07, 6.45) is 3.89. The zero-order valence-corrected chi connectivity index (χ0v) is 10.6. The Labute approximate surface area is 112 Å². The van der Waals surface area contributed by atoms with Crippen molar-refractivity contribution in [3.8, 4) is 0 Å². The van der Waals surface area contributed by atoms with E-state index in [1.807, 2.05) is 48.6 Å². The topological polar surface area (TPSA) is 38.9 Å². The molecular weight excluding hydrogens is 255 g/mol. The van der Waals surface area contributed by atoms with Gasteiger partial charge in [-0.25, -0.2) is 4.98 Å². The van der Waals surface area contributed by atoms with Crippen LogP contribution in [-0.4, -0.2) is 4.98 Å². The molecule has 2 aromatic rings. The molecule has 0 aliphatic heterocycles. The molecule has 0 aliphatic carbocycles. The lowest BCUT2D eigenvalue weighted by Gasteiger charge is -1.96. The number of hydrogen-bond donors (Lipinski definition) is 1. The highest BCUT2D eigenvalue weighted by Crippen LogP contribution is 2.12. The van der Waals surface area contributed by atoms with E-state index in [0.29, 0.717) is 5.82 Å². The summed E-state index contributed by atoms with van der Waals surface area (Å²) in [5.74, 6) is 0.526. The van der Waals surface area contributed by atoms with Crippen LogP contribution in [0, 0.1) is 0 Å². The summed E-state index contributed by atoms with van der Waals surface area (Å²) < 4.78 is 0. The van der Waals surface area contributed by atoms with Gasteiger partial charge in [-0.2, -0.15) is 0 Å². The molecule has 88 valence electrons. The molecule has 4 heteroatoms. The van der Waals surface area contributed by atoms with Crippen LogP contribution in [0.2, 0.25) is 5.02 Å². The molecular formula is C13H12Cl2N2. The average Bonchev–Trinajstić information content (AvgIpc) is 2.28. The highest BCUT2D eigenvalue weighted by atomic mass is 35.5. The fourth-order valence-corrected chi connectivity index (χ4v) is 1.44. The maximum absolute atomic E-state index is 5.80. The van der Waals surface area contributed by atoms with Crippen LogP contribution in [0.4, 0.5) is 5.82 Å².